The highest BCUT2D eigenvalue weighted by atomic mass is 31.2. The highest BCUT2D eigenvalue weighted by Gasteiger charge is 2.28. The average Bonchev–Trinajstić information content (AvgIpc) is 2.19. The van der Waals surface area contributed by atoms with Crippen molar-refractivity contribution in [2.75, 3.05) is 12.3 Å². The minimum atomic E-state index is -2.46. The van der Waals surface area contributed by atoms with Gasteiger partial charge >= 0.3 is 0 Å². The Hall–Kier alpha value is -1.14. The van der Waals surface area contributed by atoms with E-state index in [1.54, 1.807) is 6.08 Å². The van der Waals surface area contributed by atoms with Crippen molar-refractivity contribution in [3.8, 4) is 0 Å². The summed E-state index contributed by atoms with van der Waals surface area (Å²) in [6.07, 6.45) is 3.95. The van der Waals surface area contributed by atoms with Gasteiger partial charge in [-0.15, -0.1) is 0 Å². The summed E-state index contributed by atoms with van der Waals surface area (Å²) in [7, 11) is -2.46. The molecule has 0 amide bonds. The van der Waals surface area contributed by atoms with Crippen molar-refractivity contribution in [1.29, 1.82) is 0 Å². The predicted octanol–water partition coefficient (Wildman–Crippen LogP) is 1.81. The van der Waals surface area contributed by atoms with Gasteiger partial charge in [0.25, 0.3) is 0 Å². The summed E-state index contributed by atoms with van der Waals surface area (Å²) in [6.45, 7) is 0. The lowest BCUT2D eigenvalue weighted by molar-refractivity contribution is -0.112. The summed E-state index contributed by atoms with van der Waals surface area (Å²) in [6, 6.07) is 9.28. The van der Waals surface area contributed by atoms with Crippen LogP contribution in [0.5, 0.6) is 0 Å². The van der Waals surface area contributed by atoms with Gasteiger partial charge in [-0.05, 0) is 6.08 Å². The molecule has 0 bridgehead atoms. The second kappa shape index (κ2) is 3.55. The lowest BCUT2D eigenvalue weighted by atomic mass is 10.4. The number of hydrogen-bond donors (Lipinski definition) is 0. The summed E-state index contributed by atoms with van der Waals surface area (Å²) in [5.41, 5.74) is 0. The van der Waals surface area contributed by atoms with Crippen molar-refractivity contribution in [3.05, 3.63) is 42.5 Å². The van der Waals surface area contributed by atoms with E-state index in [2.05, 4.69) is 0 Å². The number of rotatable bonds is 1. The fraction of sp³-hybridized carbons (Fsp3) is 0.182. The molecule has 0 aromatic heterocycles. The van der Waals surface area contributed by atoms with Gasteiger partial charge in [-0.3, -0.25) is 4.79 Å². The topological polar surface area (TPSA) is 34.1 Å². The van der Waals surface area contributed by atoms with E-state index in [1.807, 2.05) is 30.3 Å². The van der Waals surface area contributed by atoms with Gasteiger partial charge in [-0.25, -0.2) is 0 Å². The lowest BCUT2D eigenvalue weighted by Crippen LogP contribution is -2.17. The molecule has 1 aromatic rings. The number of carbonyl (C=O) groups is 1. The molecule has 2 rings (SSSR count). The Morgan fingerprint density at radius 3 is 2.50 bits per heavy atom. The molecule has 72 valence electrons. The van der Waals surface area contributed by atoms with Crippen LogP contribution in [0.25, 0.3) is 0 Å². The number of carbonyl (C=O) groups excluding carboxylic acids is 1. The maximum absolute atomic E-state index is 12.4. The maximum atomic E-state index is 12.4. The van der Waals surface area contributed by atoms with Crippen LogP contribution < -0.4 is 5.30 Å². The molecule has 0 aliphatic carbocycles. The Bertz CT molecular complexity index is 420. The zero-order chi connectivity index (χ0) is 10.0. The van der Waals surface area contributed by atoms with Crippen LogP contribution in [0.4, 0.5) is 0 Å². The SMILES string of the molecule is O=C1C=CCP(=O)(c2ccccc2)C1. The molecule has 2 nitrogen and oxygen atoms in total. The van der Waals surface area contributed by atoms with E-state index in [9.17, 15) is 9.36 Å². The second-order valence-electron chi connectivity index (χ2n) is 3.43. The first kappa shape index (κ1) is 9.42. The van der Waals surface area contributed by atoms with Crippen LogP contribution in [0.1, 0.15) is 0 Å². The Kier molecular flexibility index (Phi) is 2.39. The van der Waals surface area contributed by atoms with Crippen molar-refractivity contribution in [2.45, 2.75) is 0 Å². The van der Waals surface area contributed by atoms with Crippen molar-refractivity contribution in [1.82, 2.24) is 0 Å². The Morgan fingerprint density at radius 1 is 1.14 bits per heavy atom. The molecule has 0 N–H and O–H groups in total. The summed E-state index contributed by atoms with van der Waals surface area (Å²) in [4.78, 5) is 11.2. The third kappa shape index (κ3) is 1.71. The highest BCUT2D eigenvalue weighted by molar-refractivity contribution is 7.72. The summed E-state index contributed by atoms with van der Waals surface area (Å²) < 4.78 is 12.4. The molecular weight excluding hydrogens is 195 g/mol. The lowest BCUT2D eigenvalue weighted by Gasteiger charge is -2.18. The third-order valence-electron chi connectivity index (χ3n) is 2.34. The van der Waals surface area contributed by atoms with Gasteiger partial charge in [0.1, 0.15) is 7.14 Å². The summed E-state index contributed by atoms with van der Waals surface area (Å²) in [5.74, 6) is -0.0246. The van der Waals surface area contributed by atoms with Crippen LogP contribution in [-0.4, -0.2) is 18.1 Å². The van der Waals surface area contributed by atoms with E-state index in [1.165, 1.54) is 6.08 Å². The first-order chi connectivity index (χ1) is 6.71. The minimum absolute atomic E-state index is 0.0246. The number of ketones is 1. The van der Waals surface area contributed by atoms with E-state index in [4.69, 9.17) is 0 Å². The molecular formula is C11H11O2P. The van der Waals surface area contributed by atoms with Gasteiger partial charge in [-0.2, -0.15) is 0 Å². The van der Waals surface area contributed by atoms with Crippen molar-refractivity contribution < 1.29 is 9.36 Å². The van der Waals surface area contributed by atoms with Gasteiger partial charge in [0, 0.05) is 11.5 Å². The molecule has 0 spiro atoms. The quantitative estimate of drug-likeness (QED) is 0.657. The standard InChI is InChI=1S/C11H11O2P/c12-10-5-4-8-14(13,9-10)11-6-2-1-3-7-11/h1-7H,8-9H2. The molecule has 1 heterocycles. The first-order valence-electron chi connectivity index (χ1n) is 4.54. The zero-order valence-corrected chi connectivity index (χ0v) is 8.61. The smallest absolute Gasteiger partial charge is 0.163 e. The van der Waals surface area contributed by atoms with E-state index in [-0.39, 0.29) is 11.9 Å². The van der Waals surface area contributed by atoms with E-state index in [0.717, 1.165) is 5.30 Å². The van der Waals surface area contributed by atoms with Gasteiger partial charge in [0.05, 0.1) is 6.16 Å². The van der Waals surface area contributed by atoms with Crippen molar-refractivity contribution in [2.24, 2.45) is 0 Å². The predicted molar refractivity (Wildman–Crippen MR) is 57.6 cm³/mol. The van der Waals surface area contributed by atoms with Gasteiger partial charge < -0.3 is 4.57 Å². The molecule has 1 aromatic carbocycles. The fourth-order valence-corrected chi connectivity index (χ4v) is 3.91. The van der Waals surface area contributed by atoms with Crippen LogP contribution in [0.15, 0.2) is 42.5 Å². The minimum Gasteiger partial charge on any atom is -0.318 e. The van der Waals surface area contributed by atoms with E-state index < -0.39 is 7.14 Å². The molecule has 3 heteroatoms. The number of benzene rings is 1. The van der Waals surface area contributed by atoms with Crippen LogP contribution in [-0.2, 0) is 9.36 Å². The zero-order valence-electron chi connectivity index (χ0n) is 7.72. The van der Waals surface area contributed by atoms with Crippen LogP contribution in [0.3, 0.4) is 0 Å². The summed E-state index contributed by atoms with van der Waals surface area (Å²) >= 11 is 0. The largest absolute Gasteiger partial charge is 0.318 e. The van der Waals surface area contributed by atoms with Gasteiger partial charge in [-0.1, -0.05) is 36.4 Å². The monoisotopic (exact) mass is 206 g/mol. The molecule has 0 fully saturated rings. The second-order valence-corrected chi connectivity index (χ2v) is 6.41. The average molecular weight is 206 g/mol. The summed E-state index contributed by atoms with van der Waals surface area (Å²) in [5, 5.41) is 0.817. The van der Waals surface area contributed by atoms with Gasteiger partial charge in [0.2, 0.25) is 0 Å². The van der Waals surface area contributed by atoms with Crippen molar-refractivity contribution in [3.63, 3.8) is 0 Å². The van der Waals surface area contributed by atoms with Crippen LogP contribution in [0, 0.1) is 0 Å². The molecule has 0 saturated heterocycles. The molecule has 1 atom stereocenters. The molecule has 0 saturated carbocycles. The molecule has 0 radical (unpaired) electrons. The Morgan fingerprint density at radius 2 is 1.86 bits per heavy atom. The van der Waals surface area contributed by atoms with Crippen molar-refractivity contribution >= 4 is 18.2 Å². The van der Waals surface area contributed by atoms with E-state index in [0.29, 0.717) is 6.16 Å². The molecule has 1 aliphatic rings. The normalized spacial score (nSPS) is 26.4. The van der Waals surface area contributed by atoms with Gasteiger partial charge in [0.15, 0.2) is 5.78 Å². The maximum Gasteiger partial charge on any atom is 0.163 e. The first-order valence-corrected chi connectivity index (χ1v) is 6.61. The van der Waals surface area contributed by atoms with Crippen LogP contribution in [0.2, 0.25) is 0 Å². The molecule has 1 unspecified atom stereocenters. The number of allylic oxidation sites excluding steroid dienone is 2. The highest BCUT2D eigenvalue weighted by Crippen LogP contribution is 2.45. The third-order valence-corrected chi connectivity index (χ3v) is 5.20. The van der Waals surface area contributed by atoms with Crippen LogP contribution >= 0.6 is 7.14 Å². The van der Waals surface area contributed by atoms with E-state index >= 15 is 0 Å². The Balaban J connectivity index is 2.39. The Labute approximate surface area is 83.0 Å². The molecule has 1 aliphatic heterocycles. The fourth-order valence-electron chi connectivity index (χ4n) is 1.62. The molecule has 14 heavy (non-hydrogen) atoms. The number of hydrogen-bond acceptors (Lipinski definition) is 2.